The third kappa shape index (κ3) is 3.07. The van der Waals surface area contributed by atoms with Gasteiger partial charge in [-0.2, -0.15) is 0 Å². The van der Waals surface area contributed by atoms with Crippen molar-refractivity contribution in [3.05, 3.63) is 83.9 Å². The number of hydrogen-bond acceptors (Lipinski definition) is 4. The Morgan fingerprint density at radius 3 is 2.00 bits per heavy atom. The van der Waals surface area contributed by atoms with Crippen LogP contribution in [-0.4, -0.2) is 11.7 Å². The molecule has 0 radical (unpaired) electrons. The third-order valence-corrected chi connectivity index (χ3v) is 3.94. The Morgan fingerprint density at radius 1 is 0.720 bits per heavy atom. The monoisotopic (exact) mass is 327 g/mol. The Balaban J connectivity index is 1.71. The van der Waals surface area contributed by atoms with Crippen LogP contribution in [0.5, 0.6) is 0 Å². The summed E-state index contributed by atoms with van der Waals surface area (Å²) in [5.41, 5.74) is 16.7. The average Bonchev–Trinajstić information content (AvgIpc) is 2.97. The quantitative estimate of drug-likeness (QED) is 0.625. The predicted molar refractivity (Wildman–Crippen MR) is 105 cm³/mol. The van der Waals surface area contributed by atoms with Crippen molar-refractivity contribution >= 4 is 34.4 Å². The fourth-order valence-electron chi connectivity index (χ4n) is 2.67. The summed E-state index contributed by atoms with van der Waals surface area (Å²) in [7, 11) is 0. The molecule has 5 heteroatoms. The van der Waals surface area contributed by atoms with Gasteiger partial charge in [0.15, 0.2) is 5.84 Å². The van der Waals surface area contributed by atoms with Gasteiger partial charge in [-0.25, -0.2) is 9.98 Å². The molecule has 1 aliphatic rings. The molecule has 1 heterocycles. The topological polar surface area (TPSA) is 88.8 Å². The van der Waals surface area contributed by atoms with Crippen molar-refractivity contribution in [1.82, 2.24) is 0 Å². The lowest BCUT2D eigenvalue weighted by Gasteiger charge is -2.07. The fraction of sp³-hybridized carbons (Fsp3) is 0. The lowest BCUT2D eigenvalue weighted by Crippen LogP contribution is -2.11. The van der Waals surface area contributed by atoms with Crippen molar-refractivity contribution in [3.8, 4) is 0 Å². The number of hydrogen-bond donors (Lipinski definition) is 3. The zero-order valence-electron chi connectivity index (χ0n) is 13.5. The third-order valence-electron chi connectivity index (χ3n) is 3.94. The highest BCUT2D eigenvalue weighted by atomic mass is 15.1. The number of nitrogen functional groups attached to an aromatic ring is 2. The number of fused-ring (bicyclic) bond motifs is 1. The van der Waals surface area contributed by atoms with E-state index in [1.807, 2.05) is 72.8 Å². The van der Waals surface area contributed by atoms with Gasteiger partial charge in [-0.15, -0.1) is 0 Å². The summed E-state index contributed by atoms with van der Waals surface area (Å²) in [6, 6.07) is 23.0. The van der Waals surface area contributed by atoms with Crippen LogP contribution >= 0.6 is 0 Å². The molecule has 1 aliphatic heterocycles. The van der Waals surface area contributed by atoms with E-state index in [2.05, 4.69) is 15.3 Å². The zero-order chi connectivity index (χ0) is 17.2. The highest BCUT2D eigenvalue weighted by Crippen LogP contribution is 2.24. The van der Waals surface area contributed by atoms with E-state index in [-0.39, 0.29) is 0 Å². The maximum Gasteiger partial charge on any atom is 0.162 e. The minimum atomic E-state index is 0.679. The summed E-state index contributed by atoms with van der Waals surface area (Å²) in [6.45, 7) is 0. The van der Waals surface area contributed by atoms with Crippen LogP contribution in [0.3, 0.4) is 0 Å². The first-order chi connectivity index (χ1) is 12.2. The van der Waals surface area contributed by atoms with Gasteiger partial charge < -0.3 is 16.8 Å². The molecule has 4 rings (SSSR count). The van der Waals surface area contributed by atoms with Gasteiger partial charge >= 0.3 is 0 Å². The van der Waals surface area contributed by atoms with Crippen LogP contribution < -0.4 is 16.8 Å². The predicted octanol–water partition coefficient (Wildman–Crippen LogP) is 3.80. The van der Waals surface area contributed by atoms with Crippen molar-refractivity contribution in [3.63, 3.8) is 0 Å². The van der Waals surface area contributed by atoms with Crippen LogP contribution in [-0.2, 0) is 0 Å². The van der Waals surface area contributed by atoms with Gasteiger partial charge in [-0.3, -0.25) is 0 Å². The molecule has 25 heavy (non-hydrogen) atoms. The van der Waals surface area contributed by atoms with Crippen LogP contribution in [0.15, 0.2) is 82.8 Å². The first-order valence-corrected chi connectivity index (χ1v) is 7.94. The Kier molecular flexibility index (Phi) is 3.67. The average molecular weight is 327 g/mol. The minimum Gasteiger partial charge on any atom is -0.399 e. The van der Waals surface area contributed by atoms with Crippen molar-refractivity contribution in [2.45, 2.75) is 0 Å². The molecule has 0 unspecified atom stereocenters. The van der Waals surface area contributed by atoms with E-state index in [9.17, 15) is 0 Å². The first kappa shape index (κ1) is 15.0. The van der Waals surface area contributed by atoms with E-state index in [0.29, 0.717) is 11.5 Å². The number of rotatable bonds is 2. The largest absolute Gasteiger partial charge is 0.399 e. The molecule has 0 saturated heterocycles. The number of anilines is 3. The molecule has 0 aliphatic carbocycles. The van der Waals surface area contributed by atoms with Gasteiger partial charge in [0.25, 0.3) is 0 Å². The summed E-state index contributed by atoms with van der Waals surface area (Å²) in [5.74, 6) is 1.45. The lowest BCUT2D eigenvalue weighted by molar-refractivity contribution is 1.47. The summed E-state index contributed by atoms with van der Waals surface area (Å²) >= 11 is 0. The number of nitrogens with one attached hydrogen (secondary N) is 1. The molecule has 0 saturated carbocycles. The Hall–Kier alpha value is -3.60. The van der Waals surface area contributed by atoms with Gasteiger partial charge in [0.2, 0.25) is 0 Å². The van der Waals surface area contributed by atoms with Gasteiger partial charge in [0.1, 0.15) is 5.84 Å². The van der Waals surface area contributed by atoms with E-state index < -0.39 is 0 Å². The molecule has 0 fully saturated rings. The second kappa shape index (κ2) is 6.13. The number of benzene rings is 3. The SMILES string of the molecule is Nc1ccc(N=C2N=C(Nc3ccc(N)cc3)c3ccccc32)cc1. The summed E-state index contributed by atoms with van der Waals surface area (Å²) in [4.78, 5) is 9.34. The first-order valence-electron chi connectivity index (χ1n) is 7.94. The van der Waals surface area contributed by atoms with Crippen LogP contribution in [0.1, 0.15) is 11.1 Å². The maximum atomic E-state index is 5.74. The van der Waals surface area contributed by atoms with Gasteiger partial charge in [0, 0.05) is 28.2 Å². The molecule has 0 spiro atoms. The molecule has 0 amide bonds. The molecular weight excluding hydrogens is 310 g/mol. The molecule has 5 N–H and O–H groups in total. The van der Waals surface area contributed by atoms with Gasteiger partial charge in [-0.1, -0.05) is 24.3 Å². The van der Waals surface area contributed by atoms with Crippen molar-refractivity contribution < 1.29 is 0 Å². The smallest absolute Gasteiger partial charge is 0.162 e. The number of nitrogens with two attached hydrogens (primary N) is 2. The van der Waals surface area contributed by atoms with Crippen LogP contribution in [0, 0.1) is 0 Å². The Morgan fingerprint density at radius 2 is 1.32 bits per heavy atom. The summed E-state index contributed by atoms with van der Waals surface area (Å²) in [6.07, 6.45) is 0. The van der Waals surface area contributed by atoms with E-state index in [4.69, 9.17) is 11.5 Å². The molecule has 3 aromatic rings. The molecule has 3 aromatic carbocycles. The maximum absolute atomic E-state index is 5.74. The second-order valence-electron chi connectivity index (χ2n) is 5.78. The van der Waals surface area contributed by atoms with Crippen LogP contribution in [0.4, 0.5) is 22.7 Å². The normalized spacial score (nSPS) is 14.2. The zero-order valence-corrected chi connectivity index (χ0v) is 13.5. The minimum absolute atomic E-state index is 0.679. The van der Waals surface area contributed by atoms with E-state index in [1.54, 1.807) is 0 Å². The summed E-state index contributed by atoms with van der Waals surface area (Å²) in [5, 5.41) is 3.34. The number of amidine groups is 2. The molecular formula is C20H17N5. The van der Waals surface area contributed by atoms with E-state index in [1.165, 1.54) is 0 Å². The molecule has 0 bridgehead atoms. The van der Waals surface area contributed by atoms with E-state index >= 15 is 0 Å². The molecule has 122 valence electrons. The van der Waals surface area contributed by atoms with Gasteiger partial charge in [0.05, 0.1) is 5.69 Å². The number of aliphatic imine (C=N–C) groups is 2. The van der Waals surface area contributed by atoms with Crippen LogP contribution in [0.25, 0.3) is 0 Å². The lowest BCUT2D eigenvalue weighted by atomic mass is 10.1. The molecule has 0 atom stereocenters. The highest BCUT2D eigenvalue weighted by molar-refractivity contribution is 6.26. The highest BCUT2D eigenvalue weighted by Gasteiger charge is 2.21. The second-order valence-corrected chi connectivity index (χ2v) is 5.78. The standard InChI is InChI=1S/C20H17N5/c21-13-5-9-15(10-6-13)23-19-17-3-1-2-4-18(17)20(25-19)24-16-11-7-14(22)8-12-16/h1-12H,21-22H2,(H,23,24,25). The Bertz CT molecular complexity index is 970. The Labute approximate surface area is 145 Å². The van der Waals surface area contributed by atoms with E-state index in [0.717, 1.165) is 34.0 Å². The molecule has 0 aromatic heterocycles. The van der Waals surface area contributed by atoms with Crippen molar-refractivity contribution in [1.29, 1.82) is 0 Å². The van der Waals surface area contributed by atoms with Gasteiger partial charge in [-0.05, 0) is 48.5 Å². The van der Waals surface area contributed by atoms with Crippen molar-refractivity contribution in [2.24, 2.45) is 9.98 Å². The number of nitrogens with zero attached hydrogens (tertiary/aromatic N) is 2. The fourth-order valence-corrected chi connectivity index (χ4v) is 2.67. The molecule has 5 nitrogen and oxygen atoms in total. The summed E-state index contributed by atoms with van der Waals surface area (Å²) < 4.78 is 0. The van der Waals surface area contributed by atoms with Crippen molar-refractivity contribution in [2.75, 3.05) is 16.8 Å². The van der Waals surface area contributed by atoms with Crippen LogP contribution in [0.2, 0.25) is 0 Å².